The van der Waals surface area contributed by atoms with Crippen molar-refractivity contribution >= 4 is 22.8 Å². The molecule has 0 saturated carbocycles. The molecule has 45 heavy (non-hydrogen) atoms. The second-order valence-corrected chi connectivity index (χ2v) is 10.0. The highest BCUT2D eigenvalue weighted by molar-refractivity contribution is 6.07. The largest absolute Gasteiger partial charge is 0.508 e. The van der Waals surface area contributed by atoms with Gasteiger partial charge in [-0.25, -0.2) is 9.48 Å². The number of nitrogens with zero attached hydrogens (tertiary/aromatic N) is 4. The molecule has 4 aromatic rings. The highest BCUT2D eigenvalue weighted by atomic mass is 16.4. The summed E-state index contributed by atoms with van der Waals surface area (Å²) in [7, 11) is 0. The van der Waals surface area contributed by atoms with E-state index in [1.54, 1.807) is 65.5 Å². The van der Waals surface area contributed by atoms with E-state index in [1.807, 2.05) is 0 Å². The Morgan fingerprint density at radius 2 is 1.80 bits per heavy atom. The molecule has 218 valence electrons. The van der Waals surface area contributed by atoms with Gasteiger partial charge in [0.15, 0.2) is 11.5 Å². The number of phenols is 1. The summed E-state index contributed by atoms with van der Waals surface area (Å²) in [6.45, 7) is 0.112. The number of hydrogen-bond acceptors (Lipinski definition) is 8. The maximum Gasteiger partial charge on any atom is 0.336 e. The lowest BCUT2D eigenvalue weighted by molar-refractivity contribution is -0.120. The Hall–Kier alpha value is -6.72. The van der Waals surface area contributed by atoms with Crippen LogP contribution in [0.4, 0.5) is 0 Å². The van der Waals surface area contributed by atoms with E-state index in [9.17, 15) is 24.6 Å². The number of aromatic hydroxyl groups is 1. The molecule has 0 bridgehead atoms. The molecule has 1 aliphatic heterocycles. The zero-order valence-corrected chi connectivity index (χ0v) is 23.3. The topological polar surface area (TPSA) is 171 Å². The van der Waals surface area contributed by atoms with Gasteiger partial charge in [-0.3, -0.25) is 9.59 Å². The van der Waals surface area contributed by atoms with Gasteiger partial charge in [0.2, 0.25) is 5.91 Å². The summed E-state index contributed by atoms with van der Waals surface area (Å²) in [4.78, 5) is 37.4. The molecule has 3 N–H and O–H groups in total. The molecule has 3 aromatic carbocycles. The molecule has 6 rings (SSSR count). The number of carbonyl (C=O) groups excluding carboxylic acids is 1. The number of nitriles is 1. The predicted octanol–water partition coefficient (Wildman–Crippen LogP) is 4.28. The monoisotopic (exact) mass is 595 g/mol. The van der Waals surface area contributed by atoms with Gasteiger partial charge in [-0.2, -0.15) is 5.26 Å². The Morgan fingerprint density at radius 3 is 2.58 bits per heavy atom. The van der Waals surface area contributed by atoms with E-state index in [0.29, 0.717) is 38.9 Å². The summed E-state index contributed by atoms with van der Waals surface area (Å²) in [6, 6.07) is 22.2. The average Bonchev–Trinajstić information content (AvgIpc) is 3.51. The first kappa shape index (κ1) is 28.4. The Labute approximate surface area is 254 Å². The molecule has 0 fully saturated rings. The molecule has 0 atom stereocenters. The fourth-order valence-corrected chi connectivity index (χ4v) is 4.98. The average molecular weight is 596 g/mol. The SMILES string of the molecule is N#CC#Cc1ccc(-n2cc(CNC(=O)Cc3ccc(C(=O)O)c(-c4c5ccc(=O)cc-5oc5cc(O)ccc45)c3)nn2)cc1. The Morgan fingerprint density at radius 1 is 0.978 bits per heavy atom. The van der Waals surface area contributed by atoms with Crippen LogP contribution >= 0.6 is 0 Å². The zero-order valence-electron chi connectivity index (χ0n) is 23.3. The molecular formula is C34H21N5O6. The molecule has 2 heterocycles. The second kappa shape index (κ2) is 11.9. The second-order valence-electron chi connectivity index (χ2n) is 10.0. The summed E-state index contributed by atoms with van der Waals surface area (Å²) in [5, 5.41) is 40.2. The molecule has 0 spiro atoms. The van der Waals surface area contributed by atoms with E-state index >= 15 is 0 Å². The number of phenolic OH excluding ortho intramolecular Hbond substituents is 1. The summed E-state index contributed by atoms with van der Waals surface area (Å²) in [5.41, 5.74) is 3.78. The Kier molecular flexibility index (Phi) is 7.50. The van der Waals surface area contributed by atoms with Gasteiger partial charge in [0.05, 0.1) is 30.4 Å². The quantitative estimate of drug-likeness (QED) is 0.180. The van der Waals surface area contributed by atoms with Crippen LogP contribution in [0.3, 0.4) is 0 Å². The maximum absolute atomic E-state index is 13.0. The summed E-state index contributed by atoms with van der Waals surface area (Å²) in [6.07, 6.45) is 1.63. The molecule has 0 radical (unpaired) electrons. The molecule has 11 heteroatoms. The van der Waals surface area contributed by atoms with Crippen molar-refractivity contribution < 1.29 is 24.2 Å². The summed E-state index contributed by atoms with van der Waals surface area (Å²) < 4.78 is 7.44. The van der Waals surface area contributed by atoms with Crippen molar-refractivity contribution in [1.82, 2.24) is 20.3 Å². The first-order valence-corrected chi connectivity index (χ1v) is 13.5. The minimum absolute atomic E-state index is 0.00557. The number of nitrogens with one attached hydrogen (secondary N) is 1. The number of aromatic carboxylic acids is 1. The minimum atomic E-state index is -1.17. The maximum atomic E-state index is 13.0. The normalized spacial score (nSPS) is 10.6. The van der Waals surface area contributed by atoms with Gasteiger partial charge in [0.25, 0.3) is 0 Å². The lowest BCUT2D eigenvalue weighted by Gasteiger charge is -2.17. The highest BCUT2D eigenvalue weighted by Crippen LogP contribution is 2.42. The van der Waals surface area contributed by atoms with Crippen LogP contribution < -0.4 is 10.7 Å². The van der Waals surface area contributed by atoms with E-state index in [2.05, 4.69) is 27.5 Å². The van der Waals surface area contributed by atoms with Gasteiger partial charge in [-0.15, -0.1) is 5.10 Å². The van der Waals surface area contributed by atoms with Crippen molar-refractivity contribution in [1.29, 1.82) is 5.26 Å². The highest BCUT2D eigenvalue weighted by Gasteiger charge is 2.23. The molecule has 11 nitrogen and oxygen atoms in total. The predicted molar refractivity (Wildman–Crippen MR) is 163 cm³/mol. The molecule has 1 amide bonds. The number of benzene rings is 4. The first-order chi connectivity index (χ1) is 21.8. The fraction of sp³-hybridized carbons (Fsp3) is 0.0588. The van der Waals surface area contributed by atoms with E-state index in [0.717, 1.165) is 5.69 Å². The van der Waals surface area contributed by atoms with Gasteiger partial charge in [-0.05, 0) is 71.8 Å². The number of amides is 1. The van der Waals surface area contributed by atoms with Crippen molar-refractivity contribution in [3.63, 3.8) is 0 Å². The summed E-state index contributed by atoms with van der Waals surface area (Å²) in [5.74, 6) is 3.73. The van der Waals surface area contributed by atoms with Crippen molar-refractivity contribution in [3.8, 4) is 51.8 Å². The van der Waals surface area contributed by atoms with Crippen LogP contribution in [0.2, 0.25) is 0 Å². The molecule has 1 aromatic heterocycles. The molecule has 0 saturated heterocycles. The van der Waals surface area contributed by atoms with E-state index < -0.39 is 5.97 Å². The van der Waals surface area contributed by atoms with Gasteiger partial charge in [0, 0.05) is 40.1 Å². The van der Waals surface area contributed by atoms with E-state index in [-0.39, 0.29) is 47.0 Å². The zero-order chi connectivity index (χ0) is 31.5. The van der Waals surface area contributed by atoms with Crippen LogP contribution in [0, 0.1) is 23.2 Å². The van der Waals surface area contributed by atoms with Crippen LogP contribution in [0.15, 0.2) is 94.3 Å². The minimum Gasteiger partial charge on any atom is -0.508 e. The fourth-order valence-electron chi connectivity index (χ4n) is 4.98. The van der Waals surface area contributed by atoms with E-state index in [4.69, 9.17) is 9.68 Å². The van der Waals surface area contributed by atoms with Crippen molar-refractivity contribution in [2.45, 2.75) is 13.0 Å². The molecule has 1 aliphatic carbocycles. The van der Waals surface area contributed by atoms with Gasteiger partial charge in [0.1, 0.15) is 22.8 Å². The number of carboxylic acids is 1. The third kappa shape index (κ3) is 5.95. The van der Waals surface area contributed by atoms with Gasteiger partial charge >= 0.3 is 5.97 Å². The Bertz CT molecular complexity index is 2250. The van der Waals surface area contributed by atoms with Crippen LogP contribution in [0.1, 0.15) is 27.2 Å². The van der Waals surface area contributed by atoms with Gasteiger partial charge in [-0.1, -0.05) is 17.2 Å². The lowest BCUT2D eigenvalue weighted by Crippen LogP contribution is -2.24. The number of rotatable bonds is 7. The molecular weight excluding hydrogens is 574 g/mol. The Balaban J connectivity index is 1.26. The van der Waals surface area contributed by atoms with Crippen LogP contribution in [0.25, 0.3) is 39.1 Å². The van der Waals surface area contributed by atoms with Crippen molar-refractivity contribution in [2.24, 2.45) is 0 Å². The first-order valence-electron chi connectivity index (χ1n) is 13.5. The van der Waals surface area contributed by atoms with Crippen molar-refractivity contribution in [3.05, 3.63) is 118 Å². The number of fused-ring (bicyclic) bond motifs is 2. The van der Waals surface area contributed by atoms with Crippen molar-refractivity contribution in [2.75, 3.05) is 0 Å². The lowest BCUT2D eigenvalue weighted by atomic mass is 9.89. The smallest absolute Gasteiger partial charge is 0.336 e. The third-order valence-electron chi connectivity index (χ3n) is 7.03. The number of hydrogen-bond donors (Lipinski definition) is 3. The standard InChI is InChI=1S/C34H21N5O6/c35-13-1-2-20-3-6-23(7-4-20)39-19-22(37-38-39)18-36-32(42)15-21-5-10-26(34(43)44)29(14-21)33-27-11-8-24(40)16-30(27)45-31-17-25(41)9-12-28(31)33/h3-12,14,16-17,19,40H,15,18H2,(H,36,42)(H,43,44). The van der Waals surface area contributed by atoms with Gasteiger partial charge < -0.3 is 19.9 Å². The van der Waals surface area contributed by atoms with Crippen LogP contribution in [-0.2, 0) is 17.8 Å². The molecule has 2 aliphatic rings. The number of aromatic nitrogens is 3. The van der Waals surface area contributed by atoms with E-state index in [1.165, 1.54) is 30.3 Å². The number of carboxylic acid groups (broad SMARTS) is 1. The van der Waals surface area contributed by atoms with Crippen LogP contribution in [-0.4, -0.2) is 37.1 Å². The molecule has 0 unspecified atom stereocenters. The number of carbonyl (C=O) groups is 2. The third-order valence-corrected chi connectivity index (χ3v) is 7.03. The summed E-state index contributed by atoms with van der Waals surface area (Å²) >= 11 is 0. The van der Waals surface area contributed by atoms with Crippen LogP contribution in [0.5, 0.6) is 5.75 Å².